The molecule has 0 heterocycles. The summed E-state index contributed by atoms with van der Waals surface area (Å²) in [6, 6.07) is 8.26. The summed E-state index contributed by atoms with van der Waals surface area (Å²) in [6.45, 7) is 0. The Labute approximate surface area is 78.1 Å². The fourth-order valence-electron chi connectivity index (χ4n) is 1.62. The molecule has 0 bridgehead atoms. The first kappa shape index (κ1) is 8.24. The maximum absolute atomic E-state index is 11.2. The second-order valence-corrected chi connectivity index (χ2v) is 3.34. The zero-order chi connectivity index (χ0) is 9.10. The quantitative estimate of drug-likeness (QED) is 0.588. The second kappa shape index (κ2) is 3.56. The molecule has 1 aliphatic rings. The van der Waals surface area contributed by atoms with E-state index in [2.05, 4.69) is 12.1 Å². The summed E-state index contributed by atoms with van der Waals surface area (Å²) in [6.07, 6.45) is 6.17. The minimum absolute atomic E-state index is 0.339. The lowest BCUT2D eigenvalue weighted by atomic mass is 9.97. The first-order valence-electron chi connectivity index (χ1n) is 4.62. The molecule has 66 valence electrons. The zero-order valence-corrected chi connectivity index (χ0v) is 7.49. The molecule has 2 rings (SSSR count). The van der Waals surface area contributed by atoms with Crippen LogP contribution in [0.15, 0.2) is 30.3 Å². The van der Waals surface area contributed by atoms with Gasteiger partial charge in [0.25, 0.3) is 0 Å². The number of carbonyl (C=O) groups is 1. The normalized spacial score (nSPS) is 18.6. The molecule has 0 spiro atoms. The Morgan fingerprint density at radius 3 is 2.85 bits per heavy atom. The predicted octanol–water partition coefficient (Wildman–Crippen LogP) is 2.61. The van der Waals surface area contributed by atoms with Crippen molar-refractivity contribution in [1.29, 1.82) is 0 Å². The summed E-state index contributed by atoms with van der Waals surface area (Å²) in [5, 5.41) is 0. The van der Waals surface area contributed by atoms with Gasteiger partial charge in [-0.15, -0.1) is 0 Å². The van der Waals surface area contributed by atoms with Crippen LogP contribution in [-0.2, 0) is 11.2 Å². The van der Waals surface area contributed by atoms with E-state index in [1.165, 1.54) is 11.1 Å². The van der Waals surface area contributed by atoms with Gasteiger partial charge >= 0.3 is 0 Å². The van der Waals surface area contributed by atoms with E-state index in [-0.39, 0.29) is 0 Å². The van der Waals surface area contributed by atoms with Crippen LogP contribution in [0, 0.1) is 0 Å². The van der Waals surface area contributed by atoms with Gasteiger partial charge in [-0.1, -0.05) is 36.4 Å². The average Bonchev–Trinajstić information content (AvgIpc) is 2.13. The van der Waals surface area contributed by atoms with Crippen molar-refractivity contribution in [3.63, 3.8) is 0 Å². The van der Waals surface area contributed by atoms with Crippen molar-refractivity contribution in [2.45, 2.75) is 19.3 Å². The van der Waals surface area contributed by atoms with Gasteiger partial charge in [0.2, 0.25) is 0 Å². The van der Waals surface area contributed by atoms with Crippen molar-refractivity contribution in [2.75, 3.05) is 0 Å². The third-order valence-electron chi connectivity index (χ3n) is 2.37. The standard InChI is InChI=1S/C12H12O/c13-12-7-3-6-10-4-1-2-5-11(10)8-9-12/h1-6H,7-9H2/b6-3-. The summed E-state index contributed by atoms with van der Waals surface area (Å²) >= 11 is 0. The highest BCUT2D eigenvalue weighted by atomic mass is 16.1. The number of benzene rings is 1. The number of rotatable bonds is 0. The monoisotopic (exact) mass is 172 g/mol. The van der Waals surface area contributed by atoms with E-state index in [0.29, 0.717) is 18.6 Å². The molecule has 0 radical (unpaired) electrons. The average molecular weight is 172 g/mol. The molecular weight excluding hydrogens is 160 g/mol. The number of Topliss-reactive ketones (excluding diaryl/α,β-unsaturated/α-hetero) is 1. The number of fused-ring (bicyclic) bond motifs is 1. The molecule has 1 aromatic carbocycles. The fourth-order valence-corrected chi connectivity index (χ4v) is 1.62. The topological polar surface area (TPSA) is 17.1 Å². The van der Waals surface area contributed by atoms with E-state index < -0.39 is 0 Å². The van der Waals surface area contributed by atoms with Crippen molar-refractivity contribution in [2.24, 2.45) is 0 Å². The van der Waals surface area contributed by atoms with Crippen molar-refractivity contribution in [3.05, 3.63) is 41.5 Å². The summed E-state index contributed by atoms with van der Waals surface area (Å²) in [5.74, 6) is 0.339. The Hall–Kier alpha value is -1.37. The Balaban J connectivity index is 2.36. The number of ketones is 1. The van der Waals surface area contributed by atoms with E-state index in [1.54, 1.807) is 0 Å². The fraction of sp³-hybridized carbons (Fsp3) is 0.250. The van der Waals surface area contributed by atoms with Gasteiger partial charge in [0.1, 0.15) is 5.78 Å². The molecule has 0 amide bonds. The molecule has 0 fully saturated rings. The van der Waals surface area contributed by atoms with Crippen molar-refractivity contribution >= 4 is 11.9 Å². The second-order valence-electron chi connectivity index (χ2n) is 3.34. The number of hydrogen-bond donors (Lipinski definition) is 0. The maximum atomic E-state index is 11.2. The van der Waals surface area contributed by atoms with E-state index >= 15 is 0 Å². The molecule has 0 saturated heterocycles. The minimum atomic E-state index is 0.339. The van der Waals surface area contributed by atoms with Gasteiger partial charge in [0.05, 0.1) is 0 Å². The molecule has 13 heavy (non-hydrogen) atoms. The summed E-state index contributed by atoms with van der Waals surface area (Å²) in [7, 11) is 0. The summed E-state index contributed by atoms with van der Waals surface area (Å²) < 4.78 is 0. The van der Waals surface area contributed by atoms with E-state index in [4.69, 9.17) is 0 Å². The van der Waals surface area contributed by atoms with Gasteiger partial charge in [-0.25, -0.2) is 0 Å². The highest BCUT2D eigenvalue weighted by molar-refractivity contribution is 5.82. The van der Waals surface area contributed by atoms with Gasteiger partial charge in [-0.05, 0) is 17.5 Å². The Bertz CT molecular complexity index is 350. The van der Waals surface area contributed by atoms with Crippen LogP contribution in [0.25, 0.3) is 6.08 Å². The molecule has 0 aromatic heterocycles. The molecular formula is C12H12O. The minimum Gasteiger partial charge on any atom is -0.299 e. The van der Waals surface area contributed by atoms with Crippen LogP contribution in [0.2, 0.25) is 0 Å². The van der Waals surface area contributed by atoms with Crippen LogP contribution in [0.5, 0.6) is 0 Å². The highest BCUT2D eigenvalue weighted by Gasteiger charge is 2.06. The molecule has 1 aliphatic carbocycles. The van der Waals surface area contributed by atoms with Crippen molar-refractivity contribution in [3.8, 4) is 0 Å². The van der Waals surface area contributed by atoms with Gasteiger partial charge in [0, 0.05) is 12.8 Å². The van der Waals surface area contributed by atoms with Crippen LogP contribution in [-0.4, -0.2) is 5.78 Å². The third kappa shape index (κ3) is 1.86. The van der Waals surface area contributed by atoms with Crippen LogP contribution >= 0.6 is 0 Å². The molecule has 0 aliphatic heterocycles. The van der Waals surface area contributed by atoms with E-state index in [0.717, 1.165) is 6.42 Å². The lowest BCUT2D eigenvalue weighted by Crippen LogP contribution is -2.01. The first-order chi connectivity index (χ1) is 6.36. The van der Waals surface area contributed by atoms with Crippen LogP contribution in [0.4, 0.5) is 0 Å². The lowest BCUT2D eigenvalue weighted by Gasteiger charge is -2.07. The van der Waals surface area contributed by atoms with E-state index in [9.17, 15) is 4.79 Å². The van der Waals surface area contributed by atoms with Crippen molar-refractivity contribution in [1.82, 2.24) is 0 Å². The maximum Gasteiger partial charge on any atom is 0.136 e. The van der Waals surface area contributed by atoms with Gasteiger partial charge < -0.3 is 0 Å². The molecule has 0 saturated carbocycles. The summed E-state index contributed by atoms with van der Waals surface area (Å²) in [4.78, 5) is 11.2. The third-order valence-corrected chi connectivity index (χ3v) is 2.37. The SMILES string of the molecule is O=C1C/C=C\c2ccccc2CC1. The number of carbonyl (C=O) groups excluding carboxylic acids is 1. The van der Waals surface area contributed by atoms with Gasteiger partial charge in [0.15, 0.2) is 0 Å². The van der Waals surface area contributed by atoms with E-state index in [1.807, 2.05) is 24.3 Å². The van der Waals surface area contributed by atoms with Gasteiger partial charge in [-0.2, -0.15) is 0 Å². The molecule has 0 atom stereocenters. The smallest absolute Gasteiger partial charge is 0.136 e. The number of allylic oxidation sites excluding steroid dienone is 1. The molecule has 0 unspecified atom stereocenters. The highest BCUT2D eigenvalue weighted by Crippen LogP contribution is 2.16. The molecule has 0 N–H and O–H groups in total. The molecule has 1 heteroatoms. The number of aryl methyl sites for hydroxylation is 1. The lowest BCUT2D eigenvalue weighted by molar-refractivity contribution is -0.118. The Kier molecular flexibility index (Phi) is 2.26. The van der Waals surface area contributed by atoms with Crippen LogP contribution < -0.4 is 0 Å². The first-order valence-corrected chi connectivity index (χ1v) is 4.62. The van der Waals surface area contributed by atoms with Crippen LogP contribution in [0.1, 0.15) is 24.0 Å². The largest absolute Gasteiger partial charge is 0.299 e. The number of hydrogen-bond acceptors (Lipinski definition) is 1. The molecule has 1 nitrogen and oxygen atoms in total. The van der Waals surface area contributed by atoms with Crippen LogP contribution in [0.3, 0.4) is 0 Å². The Morgan fingerprint density at radius 2 is 1.92 bits per heavy atom. The predicted molar refractivity (Wildman–Crippen MR) is 53.4 cm³/mol. The summed E-state index contributed by atoms with van der Waals surface area (Å²) in [5.41, 5.74) is 2.54. The zero-order valence-electron chi connectivity index (χ0n) is 7.49. The molecule has 1 aromatic rings. The Morgan fingerprint density at radius 1 is 1.08 bits per heavy atom. The van der Waals surface area contributed by atoms with Crippen molar-refractivity contribution < 1.29 is 4.79 Å². The van der Waals surface area contributed by atoms with Gasteiger partial charge in [-0.3, -0.25) is 4.79 Å².